The van der Waals surface area contributed by atoms with Crippen molar-refractivity contribution in [2.45, 2.75) is 44.6 Å². The van der Waals surface area contributed by atoms with E-state index in [0.717, 1.165) is 10.7 Å². The number of imidazole rings is 1. The molecule has 1 aliphatic carbocycles. The molecule has 16 heavy (non-hydrogen) atoms. The minimum absolute atomic E-state index is 0.495. The Bertz CT molecular complexity index is 450. The molecular formula is C11H16N4S. The van der Waals surface area contributed by atoms with E-state index in [1.807, 2.05) is 10.7 Å². The van der Waals surface area contributed by atoms with Crippen LogP contribution in [0, 0.1) is 0 Å². The van der Waals surface area contributed by atoms with Crippen LogP contribution in [-0.2, 0) is 6.54 Å². The molecular weight excluding hydrogens is 220 g/mol. The molecule has 0 bridgehead atoms. The van der Waals surface area contributed by atoms with Crippen molar-refractivity contribution >= 4 is 16.3 Å². The molecule has 2 heterocycles. The van der Waals surface area contributed by atoms with Crippen molar-refractivity contribution in [3.8, 4) is 0 Å². The molecule has 3 rings (SSSR count). The first-order chi connectivity index (χ1) is 7.86. The van der Waals surface area contributed by atoms with E-state index in [4.69, 9.17) is 5.73 Å². The minimum atomic E-state index is 0.495. The molecule has 0 saturated heterocycles. The number of fused-ring (bicyclic) bond motifs is 1. The molecule has 0 aliphatic heterocycles. The fraction of sp³-hybridized carbons (Fsp3) is 0.636. The van der Waals surface area contributed by atoms with Crippen molar-refractivity contribution < 1.29 is 0 Å². The Balaban J connectivity index is 1.89. The van der Waals surface area contributed by atoms with E-state index >= 15 is 0 Å². The third-order valence-corrected chi connectivity index (χ3v) is 4.36. The molecule has 1 saturated carbocycles. The van der Waals surface area contributed by atoms with Crippen LogP contribution in [0.1, 0.15) is 48.7 Å². The summed E-state index contributed by atoms with van der Waals surface area (Å²) in [4.78, 5) is 5.43. The monoisotopic (exact) mass is 236 g/mol. The Hall–Kier alpha value is -0.940. The van der Waals surface area contributed by atoms with Gasteiger partial charge in [-0.1, -0.05) is 30.6 Å². The van der Waals surface area contributed by atoms with Gasteiger partial charge in [-0.25, -0.2) is 9.50 Å². The molecule has 1 aliphatic rings. The number of hydrogen-bond donors (Lipinski definition) is 1. The molecule has 2 N–H and O–H groups in total. The third kappa shape index (κ3) is 1.74. The Morgan fingerprint density at radius 3 is 2.88 bits per heavy atom. The molecule has 4 nitrogen and oxygen atoms in total. The summed E-state index contributed by atoms with van der Waals surface area (Å²) in [7, 11) is 0. The van der Waals surface area contributed by atoms with Crippen molar-refractivity contribution in [2.24, 2.45) is 5.73 Å². The van der Waals surface area contributed by atoms with Crippen molar-refractivity contribution in [2.75, 3.05) is 0 Å². The highest BCUT2D eigenvalue weighted by Gasteiger charge is 2.20. The normalized spacial score (nSPS) is 18.3. The van der Waals surface area contributed by atoms with Gasteiger partial charge in [-0.05, 0) is 12.8 Å². The van der Waals surface area contributed by atoms with Crippen LogP contribution in [0.15, 0.2) is 6.20 Å². The van der Waals surface area contributed by atoms with E-state index in [1.165, 1.54) is 37.1 Å². The van der Waals surface area contributed by atoms with Crippen molar-refractivity contribution in [3.63, 3.8) is 0 Å². The van der Waals surface area contributed by atoms with Crippen molar-refractivity contribution in [1.82, 2.24) is 14.6 Å². The highest BCUT2D eigenvalue weighted by molar-refractivity contribution is 7.16. The lowest BCUT2D eigenvalue weighted by molar-refractivity contribution is 0.439. The van der Waals surface area contributed by atoms with Gasteiger partial charge in [0.25, 0.3) is 0 Å². The van der Waals surface area contributed by atoms with Gasteiger partial charge >= 0.3 is 0 Å². The zero-order valence-electron chi connectivity index (χ0n) is 9.22. The molecule has 2 aromatic rings. The van der Waals surface area contributed by atoms with Gasteiger partial charge < -0.3 is 5.73 Å². The smallest absolute Gasteiger partial charge is 0.212 e. The molecule has 0 aromatic carbocycles. The lowest BCUT2D eigenvalue weighted by Gasteiger charge is -2.18. The zero-order chi connectivity index (χ0) is 11.0. The van der Waals surface area contributed by atoms with E-state index in [2.05, 4.69) is 10.1 Å². The van der Waals surface area contributed by atoms with E-state index in [1.54, 1.807) is 11.3 Å². The Labute approximate surface area is 98.5 Å². The first-order valence-corrected chi connectivity index (χ1v) is 6.73. The maximum absolute atomic E-state index is 5.55. The largest absolute Gasteiger partial charge is 0.325 e. The fourth-order valence-electron chi connectivity index (χ4n) is 2.37. The van der Waals surface area contributed by atoms with Gasteiger partial charge in [-0.3, -0.25) is 0 Å². The topological polar surface area (TPSA) is 56.2 Å². The maximum Gasteiger partial charge on any atom is 0.212 e. The van der Waals surface area contributed by atoms with Crippen LogP contribution >= 0.6 is 11.3 Å². The number of nitrogens with zero attached hydrogens (tertiary/aromatic N) is 3. The molecule has 2 aromatic heterocycles. The van der Waals surface area contributed by atoms with Gasteiger partial charge in [0.2, 0.25) is 4.96 Å². The summed E-state index contributed by atoms with van der Waals surface area (Å²) < 4.78 is 1.89. The second kappa shape index (κ2) is 4.14. The average molecular weight is 236 g/mol. The summed E-state index contributed by atoms with van der Waals surface area (Å²) in [5.74, 6) is 0.668. The number of aromatic nitrogens is 3. The van der Waals surface area contributed by atoms with Crippen LogP contribution in [0.2, 0.25) is 0 Å². The Morgan fingerprint density at radius 1 is 1.38 bits per heavy atom. The molecule has 0 amide bonds. The van der Waals surface area contributed by atoms with Crippen molar-refractivity contribution in [3.05, 3.63) is 16.9 Å². The standard InChI is InChI=1S/C11H16N4S/c12-6-9-7-15-11(13-9)16-10(14-15)8-4-2-1-3-5-8/h7-8H,1-6,12H2. The number of nitrogens with two attached hydrogens (primary N) is 1. The maximum atomic E-state index is 5.55. The first kappa shape index (κ1) is 10.2. The fourth-order valence-corrected chi connectivity index (χ4v) is 3.44. The summed E-state index contributed by atoms with van der Waals surface area (Å²) in [6.07, 6.45) is 8.61. The quantitative estimate of drug-likeness (QED) is 0.870. The Kier molecular flexibility index (Phi) is 2.65. The average Bonchev–Trinajstić information content (AvgIpc) is 2.87. The second-order valence-electron chi connectivity index (χ2n) is 4.44. The predicted octanol–water partition coefficient (Wildman–Crippen LogP) is 2.30. The predicted molar refractivity (Wildman–Crippen MR) is 64.6 cm³/mol. The highest BCUT2D eigenvalue weighted by atomic mass is 32.1. The highest BCUT2D eigenvalue weighted by Crippen LogP contribution is 2.34. The van der Waals surface area contributed by atoms with Crippen LogP contribution in [0.5, 0.6) is 0 Å². The lowest BCUT2D eigenvalue weighted by Crippen LogP contribution is -2.04. The van der Waals surface area contributed by atoms with Gasteiger partial charge in [0.15, 0.2) is 0 Å². The van der Waals surface area contributed by atoms with Crippen LogP contribution in [0.25, 0.3) is 4.96 Å². The van der Waals surface area contributed by atoms with Gasteiger partial charge in [-0.2, -0.15) is 5.10 Å². The van der Waals surface area contributed by atoms with Gasteiger partial charge in [0.1, 0.15) is 5.01 Å². The number of hydrogen-bond acceptors (Lipinski definition) is 4. The molecule has 86 valence electrons. The van der Waals surface area contributed by atoms with Gasteiger partial charge in [0, 0.05) is 12.5 Å². The summed E-state index contributed by atoms with van der Waals surface area (Å²) in [5.41, 5.74) is 6.48. The van der Waals surface area contributed by atoms with E-state index in [-0.39, 0.29) is 0 Å². The lowest BCUT2D eigenvalue weighted by atomic mass is 9.90. The van der Waals surface area contributed by atoms with Gasteiger partial charge in [0.05, 0.1) is 11.9 Å². The molecule has 5 heteroatoms. The summed E-state index contributed by atoms with van der Waals surface area (Å²) in [5, 5.41) is 5.88. The van der Waals surface area contributed by atoms with Crippen LogP contribution in [0.4, 0.5) is 0 Å². The number of rotatable bonds is 2. The summed E-state index contributed by atoms with van der Waals surface area (Å²) >= 11 is 1.73. The molecule has 0 atom stereocenters. The molecule has 0 radical (unpaired) electrons. The van der Waals surface area contributed by atoms with Crippen LogP contribution in [-0.4, -0.2) is 14.6 Å². The Morgan fingerprint density at radius 2 is 2.19 bits per heavy atom. The molecule has 1 fully saturated rings. The summed E-state index contributed by atoms with van der Waals surface area (Å²) in [6, 6.07) is 0. The first-order valence-electron chi connectivity index (χ1n) is 5.92. The zero-order valence-corrected chi connectivity index (χ0v) is 10.0. The third-order valence-electron chi connectivity index (χ3n) is 3.27. The van der Waals surface area contributed by atoms with Crippen LogP contribution < -0.4 is 5.73 Å². The second-order valence-corrected chi connectivity index (χ2v) is 5.43. The SMILES string of the molecule is NCc1cn2nc(C3CCCCC3)sc2n1. The molecule has 0 unspecified atom stereocenters. The van der Waals surface area contributed by atoms with Crippen LogP contribution in [0.3, 0.4) is 0 Å². The molecule has 0 spiro atoms. The minimum Gasteiger partial charge on any atom is -0.325 e. The van der Waals surface area contributed by atoms with E-state index in [0.29, 0.717) is 12.5 Å². The van der Waals surface area contributed by atoms with Crippen molar-refractivity contribution in [1.29, 1.82) is 0 Å². The van der Waals surface area contributed by atoms with Gasteiger partial charge in [-0.15, -0.1) is 0 Å². The summed E-state index contributed by atoms with van der Waals surface area (Å²) in [6.45, 7) is 0.495. The van der Waals surface area contributed by atoms with E-state index in [9.17, 15) is 0 Å². The van der Waals surface area contributed by atoms with E-state index < -0.39 is 0 Å².